The third kappa shape index (κ3) is 4.09. The minimum absolute atomic E-state index is 0.284. The lowest BCUT2D eigenvalue weighted by atomic mass is 10.3. The monoisotopic (exact) mass is 142 g/mol. The Kier molecular flexibility index (Phi) is 4.58. The van der Waals surface area contributed by atoms with Crippen LogP contribution < -0.4 is 5.48 Å². The maximum absolute atomic E-state index is 10.7. The van der Waals surface area contributed by atoms with Gasteiger partial charge >= 0.3 is 0 Å². The van der Waals surface area contributed by atoms with Crippen molar-refractivity contribution in [1.29, 1.82) is 0 Å². The molecule has 0 aromatic rings. The van der Waals surface area contributed by atoms with Crippen LogP contribution in [0.5, 0.6) is 0 Å². The second-order valence-corrected chi connectivity index (χ2v) is 1.91. The molecular weight excluding hydrogens is 130 g/mol. The fraction of sp³-hybridized carbons (Fsp3) is 0.429. The van der Waals surface area contributed by atoms with Crippen molar-refractivity contribution < 1.29 is 9.63 Å². The highest BCUT2D eigenvalue weighted by Gasteiger charge is 1.98. The number of rotatable bonds is 4. The second kappa shape index (κ2) is 4.99. The number of hydrogen-bond donors (Lipinski definition) is 1. The Morgan fingerprint density at radius 2 is 2.30 bits per heavy atom. The van der Waals surface area contributed by atoms with Gasteiger partial charge in [0.25, 0.3) is 5.91 Å². The third-order valence-corrected chi connectivity index (χ3v) is 0.799. The van der Waals surface area contributed by atoms with Crippen LogP contribution in [0.1, 0.15) is 13.3 Å². The molecule has 0 aromatic carbocycles. The summed E-state index contributed by atoms with van der Waals surface area (Å²) in [6.07, 6.45) is 0.635. The Hall–Kier alpha value is -0.830. The Balaban J connectivity index is 3.31. The van der Waals surface area contributed by atoms with Gasteiger partial charge in [0.15, 0.2) is 0 Å². The topological polar surface area (TPSA) is 38.3 Å². The SMILES string of the molecule is [CH2]CCONC(=O)C(=C)C. The Morgan fingerprint density at radius 3 is 2.70 bits per heavy atom. The van der Waals surface area contributed by atoms with Crippen molar-refractivity contribution >= 4 is 5.91 Å². The van der Waals surface area contributed by atoms with Gasteiger partial charge in [0.2, 0.25) is 0 Å². The molecule has 0 rings (SSSR count). The zero-order chi connectivity index (χ0) is 7.98. The lowest BCUT2D eigenvalue weighted by Gasteiger charge is -2.02. The molecule has 0 aliphatic carbocycles. The molecule has 0 aliphatic heterocycles. The van der Waals surface area contributed by atoms with Crippen LogP contribution in [0.2, 0.25) is 0 Å². The molecule has 0 spiro atoms. The first-order valence-electron chi connectivity index (χ1n) is 3.05. The predicted molar refractivity (Wildman–Crippen MR) is 38.9 cm³/mol. The van der Waals surface area contributed by atoms with E-state index in [0.29, 0.717) is 18.6 Å². The van der Waals surface area contributed by atoms with E-state index in [1.165, 1.54) is 0 Å². The summed E-state index contributed by atoms with van der Waals surface area (Å²) in [5.41, 5.74) is 2.64. The molecule has 0 heterocycles. The number of nitrogens with one attached hydrogen (secondary N) is 1. The van der Waals surface area contributed by atoms with Gasteiger partial charge in [0.05, 0.1) is 6.61 Å². The first-order chi connectivity index (χ1) is 4.68. The number of hydroxylamine groups is 1. The van der Waals surface area contributed by atoms with Crippen molar-refractivity contribution in [2.24, 2.45) is 0 Å². The van der Waals surface area contributed by atoms with Crippen molar-refractivity contribution in [1.82, 2.24) is 5.48 Å². The van der Waals surface area contributed by atoms with Crippen LogP contribution in [0.15, 0.2) is 12.2 Å². The second-order valence-electron chi connectivity index (χ2n) is 1.91. The highest BCUT2D eigenvalue weighted by atomic mass is 16.6. The lowest BCUT2D eigenvalue weighted by molar-refractivity contribution is -0.129. The van der Waals surface area contributed by atoms with Crippen molar-refractivity contribution in [2.45, 2.75) is 13.3 Å². The van der Waals surface area contributed by atoms with E-state index in [2.05, 4.69) is 23.8 Å². The molecule has 0 unspecified atom stereocenters. The standard InChI is InChI=1S/C7H12NO2/c1-4-5-10-8-7(9)6(2)3/h1-2,4-5H2,3H3,(H,8,9). The minimum Gasteiger partial charge on any atom is -0.273 e. The normalized spacial score (nSPS) is 9.00. The fourth-order valence-corrected chi connectivity index (χ4v) is 0.276. The molecule has 10 heavy (non-hydrogen) atoms. The van der Waals surface area contributed by atoms with Crippen molar-refractivity contribution in [2.75, 3.05) is 6.61 Å². The summed E-state index contributed by atoms with van der Waals surface area (Å²) in [4.78, 5) is 15.3. The van der Waals surface area contributed by atoms with Gasteiger partial charge in [-0.3, -0.25) is 9.63 Å². The van der Waals surface area contributed by atoms with Gasteiger partial charge in [-0.2, -0.15) is 0 Å². The van der Waals surface area contributed by atoms with Crippen LogP contribution in [0.25, 0.3) is 0 Å². The minimum atomic E-state index is -0.284. The largest absolute Gasteiger partial charge is 0.273 e. The quantitative estimate of drug-likeness (QED) is 0.359. The van der Waals surface area contributed by atoms with Crippen LogP contribution in [-0.4, -0.2) is 12.5 Å². The molecule has 0 saturated carbocycles. The van der Waals surface area contributed by atoms with Gasteiger partial charge in [-0.1, -0.05) is 13.5 Å². The van der Waals surface area contributed by atoms with Gasteiger partial charge in [-0.15, -0.1) is 0 Å². The number of hydrogen-bond acceptors (Lipinski definition) is 2. The predicted octanol–water partition coefficient (Wildman–Crippen LogP) is 0.834. The van der Waals surface area contributed by atoms with Gasteiger partial charge in [-0.05, 0) is 13.3 Å². The van der Waals surface area contributed by atoms with Crippen LogP contribution in [0, 0.1) is 6.92 Å². The Morgan fingerprint density at radius 1 is 1.70 bits per heavy atom. The van der Waals surface area contributed by atoms with Gasteiger partial charge in [0, 0.05) is 5.57 Å². The van der Waals surface area contributed by atoms with E-state index in [-0.39, 0.29) is 5.91 Å². The first-order valence-corrected chi connectivity index (χ1v) is 3.05. The first kappa shape index (κ1) is 9.17. The molecule has 1 N–H and O–H groups in total. The molecule has 3 nitrogen and oxygen atoms in total. The van der Waals surface area contributed by atoms with Crippen molar-refractivity contribution in [3.8, 4) is 0 Å². The molecule has 0 bridgehead atoms. The van der Waals surface area contributed by atoms with Crippen LogP contribution in [0.3, 0.4) is 0 Å². The smallest absolute Gasteiger partial charge is 0.269 e. The number of carbonyl (C=O) groups excluding carboxylic acids is 1. The summed E-state index contributed by atoms with van der Waals surface area (Å²) in [7, 11) is 0. The number of amides is 1. The average Bonchev–Trinajstić information content (AvgIpc) is 1.88. The zero-order valence-electron chi connectivity index (χ0n) is 6.14. The van der Waals surface area contributed by atoms with E-state index in [1.54, 1.807) is 6.92 Å². The van der Waals surface area contributed by atoms with E-state index in [0.717, 1.165) is 0 Å². The summed E-state index contributed by atoms with van der Waals surface area (Å²) in [6.45, 7) is 9.00. The molecular formula is C7H12NO2. The maximum atomic E-state index is 10.7. The van der Waals surface area contributed by atoms with Crippen molar-refractivity contribution in [3.05, 3.63) is 19.1 Å². The highest BCUT2D eigenvalue weighted by molar-refractivity contribution is 5.91. The molecule has 3 heteroatoms. The third-order valence-electron chi connectivity index (χ3n) is 0.799. The van der Waals surface area contributed by atoms with E-state index in [9.17, 15) is 4.79 Å². The van der Waals surface area contributed by atoms with E-state index >= 15 is 0 Å². The molecule has 0 atom stereocenters. The molecule has 1 amide bonds. The Bertz CT molecular complexity index is 132. The summed E-state index contributed by atoms with van der Waals surface area (Å²) in [5.74, 6) is -0.284. The van der Waals surface area contributed by atoms with E-state index in [4.69, 9.17) is 0 Å². The molecule has 0 aromatic heterocycles. The lowest BCUT2D eigenvalue weighted by Crippen LogP contribution is -2.24. The zero-order valence-corrected chi connectivity index (χ0v) is 6.14. The van der Waals surface area contributed by atoms with Crippen LogP contribution in [-0.2, 0) is 9.63 Å². The van der Waals surface area contributed by atoms with Gasteiger partial charge in [0.1, 0.15) is 0 Å². The molecule has 0 fully saturated rings. The number of carbonyl (C=O) groups is 1. The molecule has 0 saturated heterocycles. The summed E-state index contributed by atoms with van der Waals surface area (Å²) >= 11 is 0. The summed E-state index contributed by atoms with van der Waals surface area (Å²) < 4.78 is 0. The summed E-state index contributed by atoms with van der Waals surface area (Å²) in [6, 6.07) is 0. The average molecular weight is 142 g/mol. The molecule has 1 radical (unpaired) electrons. The maximum Gasteiger partial charge on any atom is 0.269 e. The fourth-order valence-electron chi connectivity index (χ4n) is 0.276. The molecule has 0 aliphatic rings. The van der Waals surface area contributed by atoms with Crippen LogP contribution >= 0.6 is 0 Å². The Labute approximate surface area is 61.0 Å². The van der Waals surface area contributed by atoms with Crippen LogP contribution in [0.4, 0.5) is 0 Å². The molecule has 57 valence electrons. The highest BCUT2D eigenvalue weighted by Crippen LogP contribution is 1.85. The van der Waals surface area contributed by atoms with E-state index in [1.807, 2.05) is 0 Å². The van der Waals surface area contributed by atoms with Gasteiger partial charge < -0.3 is 0 Å². The summed E-state index contributed by atoms with van der Waals surface area (Å²) in [5, 5.41) is 0. The van der Waals surface area contributed by atoms with E-state index < -0.39 is 0 Å². The van der Waals surface area contributed by atoms with Crippen molar-refractivity contribution in [3.63, 3.8) is 0 Å². The van der Waals surface area contributed by atoms with Gasteiger partial charge in [-0.25, -0.2) is 5.48 Å².